The number of rotatable bonds is 5. The zero-order valence-electron chi connectivity index (χ0n) is 10.5. The van der Waals surface area contributed by atoms with Gasteiger partial charge in [-0.05, 0) is 18.4 Å². The SMILES string of the molecule is CCCCC1=C(Cc2ccccc2)C(=O)NC1=O. The van der Waals surface area contributed by atoms with Gasteiger partial charge in [0.05, 0.1) is 0 Å². The molecule has 94 valence electrons. The normalized spacial score (nSPS) is 15.2. The van der Waals surface area contributed by atoms with Gasteiger partial charge in [0, 0.05) is 17.6 Å². The van der Waals surface area contributed by atoms with Gasteiger partial charge in [0.1, 0.15) is 0 Å². The van der Waals surface area contributed by atoms with Gasteiger partial charge in [0.25, 0.3) is 11.8 Å². The second kappa shape index (κ2) is 5.63. The van der Waals surface area contributed by atoms with Gasteiger partial charge in [-0.2, -0.15) is 0 Å². The monoisotopic (exact) mass is 243 g/mol. The lowest BCUT2D eigenvalue weighted by Crippen LogP contribution is -2.23. The van der Waals surface area contributed by atoms with E-state index in [1.807, 2.05) is 30.3 Å². The molecule has 1 N–H and O–H groups in total. The lowest BCUT2D eigenvalue weighted by Gasteiger charge is -2.03. The molecule has 1 aromatic carbocycles. The molecule has 0 aliphatic carbocycles. The highest BCUT2D eigenvalue weighted by Gasteiger charge is 2.28. The molecule has 3 nitrogen and oxygen atoms in total. The van der Waals surface area contributed by atoms with E-state index in [0.29, 0.717) is 24.0 Å². The van der Waals surface area contributed by atoms with Crippen LogP contribution in [0, 0.1) is 0 Å². The highest BCUT2D eigenvalue weighted by Crippen LogP contribution is 2.22. The zero-order chi connectivity index (χ0) is 13.0. The summed E-state index contributed by atoms with van der Waals surface area (Å²) in [5.41, 5.74) is 2.37. The van der Waals surface area contributed by atoms with E-state index < -0.39 is 0 Å². The Hall–Kier alpha value is -1.90. The summed E-state index contributed by atoms with van der Waals surface area (Å²) in [6.45, 7) is 2.08. The van der Waals surface area contributed by atoms with E-state index in [2.05, 4.69) is 12.2 Å². The first-order valence-electron chi connectivity index (χ1n) is 6.34. The number of unbranched alkanes of at least 4 members (excludes halogenated alkanes) is 1. The smallest absolute Gasteiger partial charge is 0.254 e. The Morgan fingerprint density at radius 1 is 1.00 bits per heavy atom. The minimum atomic E-state index is -0.227. The van der Waals surface area contributed by atoms with Gasteiger partial charge in [-0.1, -0.05) is 43.7 Å². The number of imide groups is 1. The topological polar surface area (TPSA) is 46.2 Å². The van der Waals surface area contributed by atoms with Crippen LogP contribution in [0.15, 0.2) is 41.5 Å². The first-order chi connectivity index (χ1) is 8.72. The zero-order valence-corrected chi connectivity index (χ0v) is 10.5. The number of nitrogens with one attached hydrogen (secondary N) is 1. The van der Waals surface area contributed by atoms with Crippen molar-refractivity contribution in [2.24, 2.45) is 0 Å². The molecule has 1 aliphatic rings. The predicted octanol–water partition coefficient (Wildman–Crippen LogP) is 2.37. The molecule has 1 heterocycles. The van der Waals surface area contributed by atoms with Gasteiger partial charge >= 0.3 is 0 Å². The average Bonchev–Trinajstić information content (AvgIpc) is 2.63. The number of carbonyl (C=O) groups is 2. The van der Waals surface area contributed by atoms with E-state index in [-0.39, 0.29) is 11.8 Å². The highest BCUT2D eigenvalue weighted by molar-refractivity contribution is 6.19. The molecular formula is C15H17NO2. The van der Waals surface area contributed by atoms with Crippen LogP contribution < -0.4 is 5.32 Å². The number of amides is 2. The van der Waals surface area contributed by atoms with Crippen molar-refractivity contribution in [1.82, 2.24) is 5.32 Å². The van der Waals surface area contributed by atoms with Crippen molar-refractivity contribution in [3.05, 3.63) is 47.0 Å². The lowest BCUT2D eigenvalue weighted by atomic mass is 9.98. The molecule has 0 aromatic heterocycles. The standard InChI is InChI=1S/C15H17NO2/c1-2-3-9-12-13(15(18)16-14(12)17)10-11-7-5-4-6-8-11/h4-8H,2-3,9-10H2,1H3,(H,16,17,18). The first kappa shape index (κ1) is 12.6. The number of benzene rings is 1. The van der Waals surface area contributed by atoms with Gasteiger partial charge in [0.2, 0.25) is 0 Å². The van der Waals surface area contributed by atoms with Gasteiger partial charge in [-0.3, -0.25) is 14.9 Å². The molecule has 0 saturated carbocycles. The lowest BCUT2D eigenvalue weighted by molar-refractivity contribution is -0.124. The van der Waals surface area contributed by atoms with Gasteiger partial charge < -0.3 is 0 Å². The quantitative estimate of drug-likeness (QED) is 0.807. The second-order valence-corrected chi connectivity index (χ2v) is 4.51. The highest BCUT2D eigenvalue weighted by atomic mass is 16.2. The van der Waals surface area contributed by atoms with Crippen LogP contribution >= 0.6 is 0 Å². The van der Waals surface area contributed by atoms with Crippen LogP contribution in [0.2, 0.25) is 0 Å². The molecule has 1 aliphatic heterocycles. The largest absolute Gasteiger partial charge is 0.289 e. The molecule has 0 radical (unpaired) electrons. The first-order valence-corrected chi connectivity index (χ1v) is 6.34. The van der Waals surface area contributed by atoms with Crippen molar-refractivity contribution in [1.29, 1.82) is 0 Å². The van der Waals surface area contributed by atoms with Gasteiger partial charge in [0.15, 0.2) is 0 Å². The Morgan fingerprint density at radius 2 is 1.67 bits per heavy atom. The maximum Gasteiger partial charge on any atom is 0.254 e. The third-order valence-electron chi connectivity index (χ3n) is 3.14. The average molecular weight is 243 g/mol. The van der Waals surface area contributed by atoms with E-state index in [1.165, 1.54) is 0 Å². The fourth-order valence-electron chi connectivity index (χ4n) is 2.13. The molecular weight excluding hydrogens is 226 g/mol. The van der Waals surface area contributed by atoms with Crippen molar-refractivity contribution in [2.45, 2.75) is 32.6 Å². The summed E-state index contributed by atoms with van der Waals surface area (Å²) in [6.07, 6.45) is 3.19. The fourth-order valence-corrected chi connectivity index (χ4v) is 2.13. The maximum absolute atomic E-state index is 11.8. The summed E-state index contributed by atoms with van der Waals surface area (Å²) in [5, 5.41) is 2.39. The van der Waals surface area contributed by atoms with E-state index in [1.54, 1.807) is 0 Å². The molecule has 3 heteroatoms. The van der Waals surface area contributed by atoms with Crippen LogP contribution in [0.1, 0.15) is 31.7 Å². The minimum absolute atomic E-state index is 0.209. The Bertz CT molecular complexity index is 488. The molecule has 0 saturated heterocycles. The Morgan fingerprint density at radius 3 is 2.33 bits per heavy atom. The Kier molecular flexibility index (Phi) is 3.92. The van der Waals surface area contributed by atoms with E-state index in [0.717, 1.165) is 18.4 Å². The van der Waals surface area contributed by atoms with Crippen molar-refractivity contribution < 1.29 is 9.59 Å². The third kappa shape index (κ3) is 2.67. The number of carbonyl (C=O) groups excluding carboxylic acids is 2. The predicted molar refractivity (Wildman–Crippen MR) is 69.8 cm³/mol. The summed E-state index contributed by atoms with van der Waals surface area (Å²) in [4.78, 5) is 23.5. The molecule has 0 bridgehead atoms. The van der Waals surface area contributed by atoms with E-state index >= 15 is 0 Å². The summed E-state index contributed by atoms with van der Waals surface area (Å²) in [6, 6.07) is 9.77. The molecule has 0 unspecified atom stereocenters. The van der Waals surface area contributed by atoms with Crippen molar-refractivity contribution >= 4 is 11.8 Å². The van der Waals surface area contributed by atoms with Crippen LogP contribution in [-0.2, 0) is 16.0 Å². The van der Waals surface area contributed by atoms with Crippen LogP contribution in [0.25, 0.3) is 0 Å². The molecule has 0 fully saturated rings. The summed E-state index contributed by atoms with van der Waals surface area (Å²) in [5.74, 6) is -0.436. The van der Waals surface area contributed by atoms with E-state index in [9.17, 15) is 9.59 Å². The summed E-state index contributed by atoms with van der Waals surface area (Å²) >= 11 is 0. The fraction of sp³-hybridized carbons (Fsp3) is 0.333. The van der Waals surface area contributed by atoms with Gasteiger partial charge in [-0.15, -0.1) is 0 Å². The van der Waals surface area contributed by atoms with E-state index in [4.69, 9.17) is 0 Å². The molecule has 18 heavy (non-hydrogen) atoms. The summed E-state index contributed by atoms with van der Waals surface area (Å²) in [7, 11) is 0. The number of hydrogen-bond acceptors (Lipinski definition) is 2. The second-order valence-electron chi connectivity index (χ2n) is 4.51. The van der Waals surface area contributed by atoms with Crippen LogP contribution in [-0.4, -0.2) is 11.8 Å². The molecule has 0 spiro atoms. The minimum Gasteiger partial charge on any atom is -0.289 e. The molecule has 2 amide bonds. The van der Waals surface area contributed by atoms with Crippen LogP contribution in [0.3, 0.4) is 0 Å². The van der Waals surface area contributed by atoms with Crippen molar-refractivity contribution in [2.75, 3.05) is 0 Å². The Labute approximate surface area is 107 Å². The molecule has 0 atom stereocenters. The maximum atomic E-state index is 11.8. The van der Waals surface area contributed by atoms with Crippen molar-refractivity contribution in [3.8, 4) is 0 Å². The number of hydrogen-bond donors (Lipinski definition) is 1. The van der Waals surface area contributed by atoms with Crippen LogP contribution in [0.4, 0.5) is 0 Å². The summed E-state index contributed by atoms with van der Waals surface area (Å²) < 4.78 is 0. The third-order valence-corrected chi connectivity index (χ3v) is 3.14. The molecule has 2 rings (SSSR count). The molecule has 1 aromatic rings. The van der Waals surface area contributed by atoms with Crippen LogP contribution in [0.5, 0.6) is 0 Å². The Balaban J connectivity index is 2.23. The van der Waals surface area contributed by atoms with Crippen molar-refractivity contribution in [3.63, 3.8) is 0 Å². The van der Waals surface area contributed by atoms with Gasteiger partial charge in [-0.25, -0.2) is 0 Å².